The fraction of sp³-hybridized carbons (Fsp3) is 0.125. The third-order valence-electron chi connectivity index (χ3n) is 3.21. The number of hydrogen-bond donors (Lipinski definition) is 3. The molecule has 0 radical (unpaired) electrons. The molecule has 3 N–H and O–H groups in total. The van der Waals surface area contributed by atoms with Gasteiger partial charge in [0.2, 0.25) is 5.91 Å². The van der Waals surface area contributed by atoms with Crippen LogP contribution in [0.4, 0.5) is 30.2 Å². The molecule has 0 atom stereocenters. The van der Waals surface area contributed by atoms with Crippen molar-refractivity contribution < 1.29 is 31.2 Å². The molecule has 0 saturated heterocycles. The Balaban J connectivity index is 2.17. The van der Waals surface area contributed by atoms with Gasteiger partial charge in [0.25, 0.3) is 10.0 Å². The molecule has 7 nitrogen and oxygen atoms in total. The third kappa shape index (κ3) is 5.60. The van der Waals surface area contributed by atoms with Crippen molar-refractivity contribution in [3.63, 3.8) is 0 Å². The molecule has 0 aliphatic rings. The second-order valence-electron chi connectivity index (χ2n) is 5.46. The average molecular weight is 436 g/mol. The maximum absolute atomic E-state index is 12.4. The predicted molar refractivity (Wildman–Crippen MR) is 97.7 cm³/mol. The number of halogens is 4. The molecular weight excluding hydrogens is 423 g/mol. The number of carbonyl (C=O) groups is 2. The Morgan fingerprint density at radius 1 is 0.964 bits per heavy atom. The van der Waals surface area contributed by atoms with E-state index in [2.05, 4.69) is 10.0 Å². The van der Waals surface area contributed by atoms with E-state index < -0.39 is 22.1 Å². The molecule has 12 heteroatoms. The lowest BCUT2D eigenvalue weighted by atomic mass is 10.3. The van der Waals surface area contributed by atoms with Crippen LogP contribution in [-0.2, 0) is 19.6 Å². The van der Waals surface area contributed by atoms with Crippen molar-refractivity contribution >= 4 is 50.5 Å². The number of hydrogen-bond acceptors (Lipinski definition) is 4. The van der Waals surface area contributed by atoms with Crippen LogP contribution in [0, 0.1) is 0 Å². The van der Waals surface area contributed by atoms with Crippen LogP contribution >= 0.6 is 11.6 Å². The molecule has 0 spiro atoms. The summed E-state index contributed by atoms with van der Waals surface area (Å²) in [5.74, 6) is -2.51. The van der Waals surface area contributed by atoms with Crippen molar-refractivity contribution in [3.8, 4) is 0 Å². The molecule has 0 aliphatic carbocycles. The van der Waals surface area contributed by atoms with Crippen LogP contribution in [0.1, 0.15) is 6.92 Å². The zero-order valence-electron chi connectivity index (χ0n) is 14.1. The first-order valence-corrected chi connectivity index (χ1v) is 9.33. The highest BCUT2D eigenvalue weighted by Gasteiger charge is 2.38. The minimum Gasteiger partial charge on any atom is -0.326 e. The zero-order valence-corrected chi connectivity index (χ0v) is 15.7. The van der Waals surface area contributed by atoms with Gasteiger partial charge in [-0.3, -0.25) is 14.3 Å². The molecule has 0 unspecified atom stereocenters. The van der Waals surface area contributed by atoms with E-state index in [0.29, 0.717) is 5.69 Å². The molecule has 2 amide bonds. The molecule has 0 aromatic heterocycles. The second kappa shape index (κ2) is 8.07. The normalized spacial score (nSPS) is 11.6. The molecule has 150 valence electrons. The summed E-state index contributed by atoms with van der Waals surface area (Å²) in [6.45, 7) is 1.30. The zero-order chi connectivity index (χ0) is 21.1. The molecule has 2 rings (SSSR count). The Hall–Kier alpha value is -2.79. The topological polar surface area (TPSA) is 104 Å². The van der Waals surface area contributed by atoms with Crippen molar-refractivity contribution in [3.05, 3.63) is 47.5 Å². The van der Waals surface area contributed by atoms with E-state index in [-0.39, 0.29) is 27.2 Å². The lowest BCUT2D eigenvalue weighted by Gasteiger charge is -2.12. The molecule has 2 aromatic rings. The maximum atomic E-state index is 12.4. The summed E-state index contributed by atoms with van der Waals surface area (Å²) in [6, 6.07) is 8.18. The van der Waals surface area contributed by atoms with Crippen LogP contribution in [-0.4, -0.2) is 26.4 Å². The molecular formula is C16H13ClF3N3O4S. The Kier molecular flexibility index (Phi) is 6.20. The van der Waals surface area contributed by atoms with Crippen molar-refractivity contribution in [1.82, 2.24) is 0 Å². The number of sulfonamides is 1. The van der Waals surface area contributed by atoms with Gasteiger partial charge in [0.1, 0.15) is 0 Å². The Labute approximate surface area is 162 Å². The molecule has 2 aromatic carbocycles. The summed E-state index contributed by atoms with van der Waals surface area (Å²) >= 11 is 6.00. The van der Waals surface area contributed by atoms with Gasteiger partial charge in [-0.1, -0.05) is 11.6 Å². The fourth-order valence-corrected chi connectivity index (χ4v) is 3.37. The van der Waals surface area contributed by atoms with Gasteiger partial charge >= 0.3 is 12.1 Å². The van der Waals surface area contributed by atoms with Crippen LogP contribution in [0.2, 0.25) is 5.02 Å². The van der Waals surface area contributed by atoms with Gasteiger partial charge < -0.3 is 10.6 Å². The highest BCUT2D eigenvalue weighted by molar-refractivity contribution is 7.92. The van der Waals surface area contributed by atoms with Gasteiger partial charge in [-0.25, -0.2) is 8.42 Å². The van der Waals surface area contributed by atoms with Gasteiger partial charge in [0, 0.05) is 18.3 Å². The maximum Gasteiger partial charge on any atom is 0.471 e. The predicted octanol–water partition coefficient (Wildman–Crippen LogP) is 3.60. The van der Waals surface area contributed by atoms with E-state index in [4.69, 9.17) is 11.6 Å². The summed E-state index contributed by atoms with van der Waals surface area (Å²) in [7, 11) is -4.10. The first-order chi connectivity index (χ1) is 12.9. The number of anilines is 3. The highest BCUT2D eigenvalue weighted by Crippen LogP contribution is 2.28. The highest BCUT2D eigenvalue weighted by atomic mass is 35.5. The smallest absolute Gasteiger partial charge is 0.326 e. The summed E-state index contributed by atoms with van der Waals surface area (Å²) in [5, 5.41) is 4.11. The summed E-state index contributed by atoms with van der Waals surface area (Å²) in [5.41, 5.74) is 0.175. The number of nitrogens with one attached hydrogen (secondary N) is 3. The van der Waals surface area contributed by atoms with Gasteiger partial charge in [-0.05, 0) is 42.5 Å². The van der Waals surface area contributed by atoms with Crippen LogP contribution in [0.25, 0.3) is 0 Å². The average Bonchev–Trinajstić information content (AvgIpc) is 2.56. The van der Waals surface area contributed by atoms with Crippen LogP contribution in [0.5, 0.6) is 0 Å². The summed E-state index contributed by atoms with van der Waals surface area (Å²) in [6.07, 6.45) is -5.06. The van der Waals surface area contributed by atoms with Gasteiger partial charge in [-0.15, -0.1) is 0 Å². The summed E-state index contributed by atoms with van der Waals surface area (Å²) < 4.78 is 63.7. The molecule has 0 heterocycles. The number of carbonyl (C=O) groups excluding carboxylic acids is 2. The lowest BCUT2D eigenvalue weighted by Crippen LogP contribution is -2.29. The van der Waals surface area contributed by atoms with Crippen molar-refractivity contribution in [2.45, 2.75) is 18.0 Å². The van der Waals surface area contributed by atoms with E-state index in [9.17, 15) is 31.2 Å². The number of alkyl halides is 3. The summed E-state index contributed by atoms with van der Waals surface area (Å²) in [4.78, 5) is 21.6. The Morgan fingerprint density at radius 3 is 2.04 bits per heavy atom. The Bertz CT molecular complexity index is 1010. The largest absolute Gasteiger partial charge is 0.471 e. The fourth-order valence-electron chi connectivity index (χ4n) is 2.00. The van der Waals surface area contributed by atoms with Crippen LogP contribution in [0.3, 0.4) is 0 Å². The standard InChI is InChI=1S/C16H13ClF3N3O4S/c1-9(24)21-11-4-7-14(13(17)8-11)23-28(26,27)12-5-2-10(3-6-12)22-15(25)16(18,19)20/h2-8,23H,1H3,(H,21,24)(H,22,25). The molecule has 0 aliphatic heterocycles. The van der Waals surface area contributed by atoms with E-state index in [1.54, 1.807) is 5.32 Å². The SMILES string of the molecule is CC(=O)Nc1ccc(NS(=O)(=O)c2ccc(NC(=O)C(F)(F)F)cc2)c(Cl)c1. The number of rotatable bonds is 5. The molecule has 0 saturated carbocycles. The quantitative estimate of drug-likeness (QED) is 0.667. The van der Waals surface area contributed by atoms with Crippen LogP contribution in [0.15, 0.2) is 47.4 Å². The monoisotopic (exact) mass is 435 g/mol. The van der Waals surface area contributed by atoms with Crippen molar-refractivity contribution in [2.24, 2.45) is 0 Å². The number of amides is 2. The van der Waals surface area contributed by atoms with E-state index in [1.807, 2.05) is 0 Å². The molecule has 0 fully saturated rings. The van der Waals surface area contributed by atoms with Gasteiger partial charge in [-0.2, -0.15) is 13.2 Å². The third-order valence-corrected chi connectivity index (χ3v) is 4.91. The first-order valence-electron chi connectivity index (χ1n) is 7.47. The minimum absolute atomic E-state index is 0.0175. The van der Waals surface area contributed by atoms with Gasteiger partial charge in [0.05, 0.1) is 15.6 Å². The number of benzene rings is 2. The van der Waals surface area contributed by atoms with E-state index >= 15 is 0 Å². The van der Waals surface area contributed by atoms with E-state index in [0.717, 1.165) is 24.3 Å². The van der Waals surface area contributed by atoms with E-state index in [1.165, 1.54) is 25.1 Å². The van der Waals surface area contributed by atoms with Crippen LogP contribution < -0.4 is 15.4 Å². The molecule has 0 bridgehead atoms. The second-order valence-corrected chi connectivity index (χ2v) is 7.55. The van der Waals surface area contributed by atoms with Crippen molar-refractivity contribution in [1.29, 1.82) is 0 Å². The Morgan fingerprint density at radius 2 is 1.54 bits per heavy atom. The lowest BCUT2D eigenvalue weighted by molar-refractivity contribution is -0.167. The van der Waals surface area contributed by atoms with Gasteiger partial charge in [0.15, 0.2) is 0 Å². The molecule has 28 heavy (non-hydrogen) atoms. The van der Waals surface area contributed by atoms with Crippen molar-refractivity contribution in [2.75, 3.05) is 15.4 Å². The first kappa shape index (κ1) is 21.5. The minimum atomic E-state index is -5.06.